The van der Waals surface area contributed by atoms with Crippen molar-refractivity contribution in [2.75, 3.05) is 0 Å². The van der Waals surface area contributed by atoms with Crippen LogP contribution in [0.2, 0.25) is 0 Å². The molecule has 2 aliphatic rings. The van der Waals surface area contributed by atoms with Gasteiger partial charge in [0.25, 0.3) is 0 Å². The van der Waals surface area contributed by atoms with Crippen LogP contribution in [-0.4, -0.2) is 15.1 Å². The number of hydrogen-bond donors (Lipinski definition) is 1. The minimum atomic E-state index is -0.0510. The van der Waals surface area contributed by atoms with Crippen molar-refractivity contribution in [2.24, 2.45) is 10.7 Å². The molecule has 0 radical (unpaired) electrons. The Bertz CT molecular complexity index is 1260. The number of aryl methyl sites for hydroxylation is 4. The normalized spacial score (nSPS) is 17.7. The van der Waals surface area contributed by atoms with E-state index in [4.69, 9.17) is 18.0 Å². The average Bonchev–Trinajstić information content (AvgIpc) is 3.14. The largest absolute Gasteiger partial charge is 0.320 e. The maximum absolute atomic E-state index is 6.32. The van der Waals surface area contributed by atoms with Gasteiger partial charge in [0.15, 0.2) is 0 Å². The minimum Gasteiger partial charge on any atom is -0.320 e. The lowest BCUT2D eigenvalue weighted by Gasteiger charge is -2.14. The molecule has 2 aromatic carbocycles. The van der Waals surface area contributed by atoms with Gasteiger partial charge in [0.1, 0.15) is 6.04 Å². The molecule has 2 aromatic heterocycles. The zero-order chi connectivity index (χ0) is 23.3. The summed E-state index contributed by atoms with van der Waals surface area (Å²) in [6.45, 7) is 0. The predicted molar refractivity (Wildman–Crippen MR) is 139 cm³/mol. The molecule has 0 amide bonds. The Kier molecular flexibility index (Phi) is 6.68. The first kappa shape index (κ1) is 22.3. The van der Waals surface area contributed by atoms with E-state index in [1.165, 1.54) is 27.8 Å². The Morgan fingerprint density at radius 2 is 1.21 bits per heavy atom. The van der Waals surface area contributed by atoms with Crippen LogP contribution in [0.3, 0.4) is 0 Å². The van der Waals surface area contributed by atoms with Gasteiger partial charge in [0, 0.05) is 29.3 Å². The fraction of sp³-hybridized carbons (Fsp3) is 0.207. The molecule has 4 aromatic rings. The molecule has 0 aliphatic heterocycles. The van der Waals surface area contributed by atoms with Crippen molar-refractivity contribution in [2.45, 2.75) is 37.8 Å². The highest BCUT2D eigenvalue weighted by Crippen LogP contribution is 2.34. The number of fused-ring (bicyclic) bond motifs is 4. The van der Waals surface area contributed by atoms with E-state index in [1.54, 1.807) is 0 Å². The van der Waals surface area contributed by atoms with Crippen LogP contribution in [-0.2, 0) is 25.7 Å². The number of nitrogens with two attached hydrogens (primary N) is 1. The summed E-state index contributed by atoms with van der Waals surface area (Å²) in [7, 11) is 0. The number of nitrogens with zero attached hydrogens (tertiary/aromatic N) is 3. The van der Waals surface area contributed by atoms with Gasteiger partial charge in [-0.3, -0.25) is 9.97 Å². The van der Waals surface area contributed by atoms with Crippen molar-refractivity contribution >= 4 is 17.4 Å². The van der Waals surface area contributed by atoms with Crippen molar-refractivity contribution in [3.05, 3.63) is 130 Å². The number of isothiocyanates is 1. The van der Waals surface area contributed by atoms with Gasteiger partial charge in [-0.25, -0.2) is 4.99 Å². The lowest BCUT2D eigenvalue weighted by molar-refractivity contribution is 0.849. The van der Waals surface area contributed by atoms with Crippen LogP contribution >= 0.6 is 12.2 Å². The molecule has 5 heteroatoms. The van der Waals surface area contributed by atoms with Crippen LogP contribution in [0.25, 0.3) is 0 Å². The molecular formula is C29H26N4S. The highest BCUT2D eigenvalue weighted by Gasteiger charge is 2.23. The number of pyridine rings is 2. The molecular weight excluding hydrogens is 436 g/mol. The summed E-state index contributed by atoms with van der Waals surface area (Å²) in [4.78, 5) is 13.3. The lowest BCUT2D eigenvalue weighted by atomic mass is 9.97. The minimum absolute atomic E-state index is 0.0256. The highest BCUT2D eigenvalue weighted by atomic mass is 32.1. The van der Waals surface area contributed by atoms with Crippen LogP contribution in [0.4, 0.5) is 0 Å². The highest BCUT2D eigenvalue weighted by molar-refractivity contribution is 7.78. The van der Waals surface area contributed by atoms with Gasteiger partial charge in [-0.2, -0.15) is 0 Å². The Morgan fingerprint density at radius 3 is 1.88 bits per heavy atom. The Hall–Kier alpha value is -3.50. The van der Waals surface area contributed by atoms with Crippen LogP contribution in [0, 0.1) is 0 Å². The summed E-state index contributed by atoms with van der Waals surface area (Å²) in [5, 5.41) is 2.53. The molecule has 0 saturated carbocycles. The summed E-state index contributed by atoms with van der Waals surface area (Å²) >= 11 is 4.80. The number of rotatable bonds is 1. The molecule has 2 heterocycles. The van der Waals surface area contributed by atoms with Gasteiger partial charge >= 0.3 is 0 Å². The van der Waals surface area contributed by atoms with Crippen LogP contribution in [0.15, 0.2) is 90.2 Å². The molecule has 6 rings (SSSR count). The van der Waals surface area contributed by atoms with E-state index < -0.39 is 0 Å². The zero-order valence-corrected chi connectivity index (χ0v) is 19.7. The second kappa shape index (κ2) is 10.2. The molecule has 0 fully saturated rings. The fourth-order valence-corrected chi connectivity index (χ4v) is 5.08. The molecule has 0 bridgehead atoms. The van der Waals surface area contributed by atoms with E-state index >= 15 is 0 Å². The van der Waals surface area contributed by atoms with E-state index in [-0.39, 0.29) is 12.1 Å². The molecule has 2 unspecified atom stereocenters. The quantitative estimate of drug-likeness (QED) is 0.295. The average molecular weight is 463 g/mol. The lowest BCUT2D eigenvalue weighted by Crippen LogP contribution is -2.13. The zero-order valence-electron chi connectivity index (χ0n) is 18.9. The third-order valence-corrected chi connectivity index (χ3v) is 6.77. The van der Waals surface area contributed by atoms with Crippen LogP contribution < -0.4 is 5.73 Å². The summed E-state index contributed by atoms with van der Waals surface area (Å²) in [6, 6.07) is 24.9. The first-order chi connectivity index (χ1) is 16.8. The smallest absolute Gasteiger partial charge is 0.112 e. The van der Waals surface area contributed by atoms with Gasteiger partial charge in [-0.05, 0) is 77.9 Å². The van der Waals surface area contributed by atoms with E-state index in [1.807, 2.05) is 30.6 Å². The van der Waals surface area contributed by atoms with Crippen LogP contribution in [0.1, 0.15) is 56.9 Å². The van der Waals surface area contributed by atoms with Gasteiger partial charge in [0.2, 0.25) is 0 Å². The molecule has 34 heavy (non-hydrogen) atoms. The van der Waals surface area contributed by atoms with Crippen LogP contribution in [0.5, 0.6) is 0 Å². The van der Waals surface area contributed by atoms with Crippen molar-refractivity contribution in [3.63, 3.8) is 0 Å². The summed E-state index contributed by atoms with van der Waals surface area (Å²) in [5.41, 5.74) is 16.1. The molecule has 0 saturated heterocycles. The second-order valence-corrected chi connectivity index (χ2v) is 8.76. The van der Waals surface area contributed by atoms with Crippen molar-refractivity contribution in [1.82, 2.24) is 9.97 Å². The molecule has 168 valence electrons. The number of thiocarbonyl (C=S) groups is 1. The van der Waals surface area contributed by atoms with E-state index in [0.29, 0.717) is 0 Å². The van der Waals surface area contributed by atoms with Gasteiger partial charge in [0.05, 0.1) is 11.2 Å². The molecule has 2 aliphatic carbocycles. The Labute approximate surface area is 205 Å². The molecule has 2 N–H and O–H groups in total. The van der Waals surface area contributed by atoms with E-state index in [9.17, 15) is 0 Å². The van der Waals surface area contributed by atoms with Crippen molar-refractivity contribution < 1.29 is 0 Å². The van der Waals surface area contributed by atoms with Gasteiger partial charge in [-0.1, -0.05) is 60.7 Å². The summed E-state index contributed by atoms with van der Waals surface area (Å²) in [6.07, 6.45) is 7.67. The Morgan fingerprint density at radius 1 is 0.676 bits per heavy atom. The molecule has 0 spiro atoms. The third kappa shape index (κ3) is 4.46. The van der Waals surface area contributed by atoms with E-state index in [2.05, 4.69) is 74.7 Å². The maximum Gasteiger partial charge on any atom is 0.112 e. The Balaban J connectivity index is 0.000000142. The first-order valence-corrected chi connectivity index (χ1v) is 12.0. The summed E-state index contributed by atoms with van der Waals surface area (Å²) < 4.78 is 0. The number of aromatic nitrogens is 2. The second-order valence-electron chi connectivity index (χ2n) is 8.58. The number of benzene rings is 2. The van der Waals surface area contributed by atoms with Gasteiger partial charge in [-0.15, -0.1) is 0 Å². The SMILES string of the molecule is NC1c2ccccc2CCc2ncccc21.S=C=NC1c2ccccc2CCc2ncccc21. The maximum atomic E-state index is 6.32. The first-order valence-electron chi connectivity index (χ1n) is 11.6. The topological polar surface area (TPSA) is 64.2 Å². The van der Waals surface area contributed by atoms with Crippen molar-refractivity contribution in [1.29, 1.82) is 0 Å². The van der Waals surface area contributed by atoms with Gasteiger partial charge < -0.3 is 5.73 Å². The fourth-order valence-electron chi connectivity index (χ4n) is 4.98. The number of hydrogen-bond acceptors (Lipinski definition) is 5. The predicted octanol–water partition coefficient (Wildman–Crippen LogP) is 5.60. The standard InChI is InChI=1S/C15H12N2S.C14H14N2/c18-10-17-15-12-5-2-1-4-11(12)7-8-14-13(15)6-3-9-16-14;15-14-11-5-2-1-4-10(11)7-8-13-12(14)6-3-9-16-13/h1-6,9,15H,7-8H2;1-6,9,14H,7-8,15H2. The van der Waals surface area contributed by atoms with Crippen molar-refractivity contribution in [3.8, 4) is 0 Å². The monoisotopic (exact) mass is 462 g/mol. The third-order valence-electron chi connectivity index (χ3n) is 6.66. The molecule has 4 nitrogen and oxygen atoms in total. The number of aliphatic imine (C=N–C) groups is 1. The summed E-state index contributed by atoms with van der Waals surface area (Å²) in [5.74, 6) is 0. The molecule has 2 atom stereocenters. The van der Waals surface area contributed by atoms with E-state index in [0.717, 1.165) is 42.6 Å².